The maximum atomic E-state index is 12.8. The molecule has 0 aliphatic rings. The first-order valence-electron chi connectivity index (χ1n) is 5.85. The highest BCUT2D eigenvalue weighted by molar-refractivity contribution is 6.30. The predicted octanol–water partition coefficient (Wildman–Crippen LogP) is 6.13. The average molecular weight is 318 g/mol. The summed E-state index contributed by atoms with van der Waals surface area (Å²) in [6.07, 6.45) is 0.566. The largest absolute Gasteiger partial charge is 0.207 e. The molecule has 0 heterocycles. The summed E-state index contributed by atoms with van der Waals surface area (Å²) in [6, 6.07) is 13.5. The van der Waals surface area contributed by atoms with Crippen molar-refractivity contribution in [3.8, 4) is 0 Å². The molecule has 0 nitrogen and oxygen atoms in total. The van der Waals surface area contributed by atoms with Gasteiger partial charge in [0.15, 0.2) is 0 Å². The van der Waals surface area contributed by atoms with Gasteiger partial charge in [-0.05, 0) is 41.8 Å². The van der Waals surface area contributed by atoms with Gasteiger partial charge >= 0.3 is 0 Å². The van der Waals surface area contributed by atoms with Crippen molar-refractivity contribution in [3.63, 3.8) is 0 Å². The van der Waals surface area contributed by atoms with Gasteiger partial charge in [-0.3, -0.25) is 0 Å². The Kier molecular flexibility index (Phi) is 5.09. The van der Waals surface area contributed by atoms with E-state index >= 15 is 0 Å². The lowest BCUT2D eigenvalue weighted by atomic mass is 10.0. The van der Waals surface area contributed by atoms with E-state index in [0.29, 0.717) is 11.4 Å². The number of alkyl halides is 2. The third-order valence-electron chi connectivity index (χ3n) is 2.88. The first-order valence-corrected chi connectivity index (χ1v) is 7.10. The Morgan fingerprint density at radius 1 is 0.789 bits per heavy atom. The van der Waals surface area contributed by atoms with Crippen LogP contribution in [0.15, 0.2) is 48.5 Å². The fourth-order valence-corrected chi connectivity index (χ4v) is 2.66. The van der Waals surface area contributed by atoms with Crippen LogP contribution >= 0.6 is 34.8 Å². The molecule has 0 aromatic heterocycles. The smallest absolute Gasteiger partial charge is 0.123 e. The van der Waals surface area contributed by atoms with Gasteiger partial charge in [0.2, 0.25) is 0 Å². The van der Waals surface area contributed by atoms with Crippen LogP contribution in [0.25, 0.3) is 0 Å². The predicted molar refractivity (Wildman–Crippen MR) is 79.7 cm³/mol. The van der Waals surface area contributed by atoms with E-state index in [9.17, 15) is 4.39 Å². The number of hydrogen-bond acceptors (Lipinski definition) is 0. The van der Waals surface area contributed by atoms with Gasteiger partial charge in [-0.1, -0.05) is 35.9 Å². The van der Waals surface area contributed by atoms with Gasteiger partial charge in [0.25, 0.3) is 0 Å². The highest BCUT2D eigenvalue weighted by atomic mass is 35.5. The summed E-state index contributed by atoms with van der Waals surface area (Å²) in [5, 5.41) is 0.220. The van der Waals surface area contributed by atoms with Crippen molar-refractivity contribution in [2.45, 2.75) is 17.2 Å². The van der Waals surface area contributed by atoms with Crippen molar-refractivity contribution >= 4 is 34.8 Å². The third-order valence-corrected chi connectivity index (χ3v) is 3.99. The molecule has 0 radical (unpaired) electrons. The Bertz CT molecular complexity index is 473. The number of halogens is 4. The Hall–Kier alpha value is -0.760. The van der Waals surface area contributed by atoms with E-state index in [2.05, 4.69) is 0 Å². The van der Waals surface area contributed by atoms with E-state index in [0.717, 1.165) is 11.1 Å². The molecule has 2 unspecified atom stereocenters. The molecule has 2 aromatic rings. The minimum absolute atomic E-state index is 0.204. The number of hydrogen-bond donors (Lipinski definition) is 0. The van der Waals surface area contributed by atoms with E-state index in [-0.39, 0.29) is 16.6 Å². The summed E-state index contributed by atoms with van der Waals surface area (Å²) in [5.41, 5.74) is 1.83. The second kappa shape index (κ2) is 6.60. The molecule has 2 atom stereocenters. The molecule has 0 spiro atoms. The van der Waals surface area contributed by atoms with Crippen LogP contribution in [-0.2, 0) is 0 Å². The zero-order valence-corrected chi connectivity index (χ0v) is 12.3. The van der Waals surface area contributed by atoms with Gasteiger partial charge in [-0.15, -0.1) is 23.2 Å². The van der Waals surface area contributed by atoms with Gasteiger partial charge in [0, 0.05) is 5.02 Å². The Morgan fingerprint density at radius 2 is 1.21 bits per heavy atom. The molecule has 0 saturated heterocycles. The minimum atomic E-state index is -0.271. The number of rotatable bonds is 4. The molecule has 4 heteroatoms. The Balaban J connectivity index is 2.03. The van der Waals surface area contributed by atoms with Gasteiger partial charge < -0.3 is 0 Å². The molecule has 2 aromatic carbocycles. The van der Waals surface area contributed by atoms with Crippen LogP contribution in [0, 0.1) is 5.82 Å². The zero-order valence-electron chi connectivity index (χ0n) is 9.99. The normalized spacial score (nSPS) is 14.1. The van der Waals surface area contributed by atoms with Crippen LogP contribution in [0.5, 0.6) is 0 Å². The summed E-state index contributed by atoms with van der Waals surface area (Å²) >= 11 is 18.5. The van der Waals surface area contributed by atoms with Gasteiger partial charge in [0.1, 0.15) is 5.82 Å². The van der Waals surface area contributed by atoms with Crippen molar-refractivity contribution in [2.24, 2.45) is 0 Å². The minimum Gasteiger partial charge on any atom is -0.207 e. The van der Waals surface area contributed by atoms with Crippen LogP contribution in [0.4, 0.5) is 4.39 Å². The van der Waals surface area contributed by atoms with Crippen LogP contribution in [0.2, 0.25) is 5.02 Å². The summed E-state index contributed by atoms with van der Waals surface area (Å²) in [6.45, 7) is 0. The first kappa shape index (κ1) is 14.6. The summed E-state index contributed by atoms with van der Waals surface area (Å²) in [7, 11) is 0. The maximum Gasteiger partial charge on any atom is 0.123 e. The standard InChI is InChI=1S/C15H12Cl3F/c16-12-5-1-10(2-6-12)14(17)9-15(18)11-3-7-13(19)8-4-11/h1-8,14-15H,9H2. The fourth-order valence-electron chi connectivity index (χ4n) is 1.80. The summed E-state index contributed by atoms with van der Waals surface area (Å²) in [4.78, 5) is 0. The van der Waals surface area contributed by atoms with Gasteiger partial charge in [-0.2, -0.15) is 0 Å². The SMILES string of the molecule is Fc1ccc(C(Cl)CC(Cl)c2ccc(Cl)cc2)cc1. The molecule has 0 N–H and O–H groups in total. The van der Waals surface area contributed by atoms with Crippen molar-refractivity contribution in [2.75, 3.05) is 0 Å². The lowest BCUT2D eigenvalue weighted by molar-refractivity contribution is 0.626. The molecular weight excluding hydrogens is 306 g/mol. The fraction of sp³-hybridized carbons (Fsp3) is 0.200. The van der Waals surface area contributed by atoms with Crippen molar-refractivity contribution in [3.05, 3.63) is 70.5 Å². The molecular formula is C15H12Cl3F. The van der Waals surface area contributed by atoms with Gasteiger partial charge in [0.05, 0.1) is 10.8 Å². The van der Waals surface area contributed by atoms with Gasteiger partial charge in [-0.25, -0.2) is 4.39 Å². The highest BCUT2D eigenvalue weighted by Gasteiger charge is 2.16. The molecule has 0 fully saturated rings. The molecule has 19 heavy (non-hydrogen) atoms. The van der Waals surface area contributed by atoms with E-state index in [1.165, 1.54) is 12.1 Å². The summed E-state index contributed by atoms with van der Waals surface area (Å²) in [5.74, 6) is -0.271. The molecule has 0 aliphatic heterocycles. The van der Waals surface area contributed by atoms with Crippen LogP contribution in [0.1, 0.15) is 28.3 Å². The molecule has 0 amide bonds. The van der Waals surface area contributed by atoms with E-state index in [4.69, 9.17) is 34.8 Å². The Morgan fingerprint density at radius 3 is 1.68 bits per heavy atom. The van der Waals surface area contributed by atoms with Crippen molar-refractivity contribution in [1.29, 1.82) is 0 Å². The number of benzene rings is 2. The average Bonchev–Trinajstić information content (AvgIpc) is 2.40. The highest BCUT2D eigenvalue weighted by Crippen LogP contribution is 2.35. The summed E-state index contributed by atoms with van der Waals surface area (Å²) < 4.78 is 12.8. The van der Waals surface area contributed by atoms with Crippen LogP contribution < -0.4 is 0 Å². The quantitative estimate of drug-likeness (QED) is 0.595. The lowest BCUT2D eigenvalue weighted by Gasteiger charge is -2.15. The topological polar surface area (TPSA) is 0 Å². The third kappa shape index (κ3) is 4.10. The first-order chi connectivity index (χ1) is 9.06. The van der Waals surface area contributed by atoms with E-state index in [1.54, 1.807) is 24.3 Å². The molecule has 2 rings (SSSR count). The monoisotopic (exact) mass is 316 g/mol. The Labute approximate surface area is 127 Å². The van der Waals surface area contributed by atoms with Crippen LogP contribution in [0.3, 0.4) is 0 Å². The second-order valence-electron chi connectivity index (χ2n) is 4.27. The van der Waals surface area contributed by atoms with Crippen LogP contribution in [-0.4, -0.2) is 0 Å². The van der Waals surface area contributed by atoms with E-state index in [1.807, 2.05) is 12.1 Å². The molecule has 0 bridgehead atoms. The van der Waals surface area contributed by atoms with Crippen molar-refractivity contribution < 1.29 is 4.39 Å². The lowest BCUT2D eigenvalue weighted by Crippen LogP contribution is -1.97. The van der Waals surface area contributed by atoms with E-state index < -0.39 is 0 Å². The second-order valence-corrected chi connectivity index (χ2v) is 5.76. The maximum absolute atomic E-state index is 12.8. The molecule has 100 valence electrons. The molecule has 0 aliphatic carbocycles. The zero-order chi connectivity index (χ0) is 13.8. The molecule has 0 saturated carbocycles. The van der Waals surface area contributed by atoms with Crippen molar-refractivity contribution in [1.82, 2.24) is 0 Å².